The summed E-state index contributed by atoms with van der Waals surface area (Å²) >= 11 is 0. The summed E-state index contributed by atoms with van der Waals surface area (Å²) in [6.45, 7) is 10.2. The van der Waals surface area contributed by atoms with E-state index in [2.05, 4.69) is 18.0 Å². The van der Waals surface area contributed by atoms with Crippen molar-refractivity contribution in [3.8, 4) is 0 Å². The van der Waals surface area contributed by atoms with E-state index in [0.29, 0.717) is 6.04 Å². The molecule has 0 aliphatic carbocycles. The molecule has 0 spiro atoms. The van der Waals surface area contributed by atoms with Crippen LogP contribution in [-0.2, 0) is 9.31 Å². The molecule has 0 aromatic carbocycles. The topological polar surface area (TPSA) is 30.8 Å². The minimum Gasteiger partial charge on any atom is -0.405 e. The Kier molecular flexibility index (Phi) is 5.93. The molecular formula is C13H24BNO2. The highest BCUT2D eigenvalue weighted by molar-refractivity contribution is 6.59. The van der Waals surface area contributed by atoms with Crippen molar-refractivity contribution in [2.24, 2.45) is 4.99 Å². The monoisotopic (exact) mass is 237 g/mol. The Labute approximate surface area is 105 Å². The predicted molar refractivity (Wildman–Crippen MR) is 73.5 cm³/mol. The number of dihydropyridines is 1. The highest BCUT2D eigenvalue weighted by Crippen LogP contribution is 2.16. The van der Waals surface area contributed by atoms with Crippen LogP contribution >= 0.6 is 0 Å². The Morgan fingerprint density at radius 3 is 2.24 bits per heavy atom. The lowest BCUT2D eigenvalue weighted by molar-refractivity contribution is 0.137. The van der Waals surface area contributed by atoms with Gasteiger partial charge in [0.05, 0.1) is 6.04 Å². The van der Waals surface area contributed by atoms with E-state index >= 15 is 0 Å². The number of nitrogens with zero attached hydrogens (tertiary/aromatic N) is 1. The van der Waals surface area contributed by atoms with E-state index in [1.165, 1.54) is 0 Å². The third kappa shape index (κ3) is 5.05. The van der Waals surface area contributed by atoms with Gasteiger partial charge in [-0.2, -0.15) is 0 Å². The van der Waals surface area contributed by atoms with Gasteiger partial charge in [-0.3, -0.25) is 4.99 Å². The van der Waals surface area contributed by atoms with Crippen LogP contribution in [0.5, 0.6) is 0 Å². The van der Waals surface area contributed by atoms with Crippen molar-refractivity contribution in [2.45, 2.75) is 65.7 Å². The summed E-state index contributed by atoms with van der Waals surface area (Å²) < 4.78 is 11.6. The Morgan fingerprint density at radius 2 is 1.88 bits per heavy atom. The van der Waals surface area contributed by atoms with Gasteiger partial charge in [0.2, 0.25) is 0 Å². The number of hydrogen-bond acceptors (Lipinski definition) is 3. The molecular weight excluding hydrogens is 213 g/mol. The first-order valence-electron chi connectivity index (χ1n) is 6.57. The average Bonchev–Trinajstić information content (AvgIpc) is 2.27. The summed E-state index contributed by atoms with van der Waals surface area (Å²) in [7, 11) is -0.281. The maximum absolute atomic E-state index is 5.79. The zero-order valence-corrected chi connectivity index (χ0v) is 11.6. The minimum absolute atomic E-state index is 0.150. The molecule has 0 saturated carbocycles. The fraction of sp³-hybridized carbons (Fsp3) is 0.769. The van der Waals surface area contributed by atoms with Gasteiger partial charge < -0.3 is 9.31 Å². The summed E-state index contributed by atoms with van der Waals surface area (Å²) in [5, 5.41) is 0. The number of rotatable bonds is 6. The molecule has 1 unspecified atom stereocenters. The Hall–Kier alpha value is -0.605. The van der Waals surface area contributed by atoms with Crippen molar-refractivity contribution < 1.29 is 9.31 Å². The molecule has 0 radical (unpaired) electrons. The Balaban J connectivity index is 2.64. The van der Waals surface area contributed by atoms with E-state index in [-0.39, 0.29) is 19.3 Å². The van der Waals surface area contributed by atoms with E-state index in [1.54, 1.807) is 0 Å². The van der Waals surface area contributed by atoms with Crippen LogP contribution < -0.4 is 0 Å². The Bertz CT molecular complexity index is 277. The van der Waals surface area contributed by atoms with Crippen LogP contribution in [0.25, 0.3) is 0 Å². The Morgan fingerprint density at radius 1 is 1.29 bits per heavy atom. The van der Waals surface area contributed by atoms with Crippen LogP contribution in [0.15, 0.2) is 16.5 Å². The smallest absolute Gasteiger partial charge is 0.405 e. The molecule has 0 bridgehead atoms. The molecule has 1 aliphatic rings. The number of aliphatic imine (C=N–C) groups is 1. The lowest BCUT2D eigenvalue weighted by atomic mass is 9.76. The first kappa shape index (κ1) is 14.5. The molecule has 1 rings (SSSR count). The molecule has 1 atom stereocenters. The van der Waals surface area contributed by atoms with Gasteiger partial charge >= 0.3 is 7.12 Å². The molecule has 17 heavy (non-hydrogen) atoms. The van der Waals surface area contributed by atoms with Gasteiger partial charge in [0.15, 0.2) is 0 Å². The van der Waals surface area contributed by atoms with Crippen LogP contribution in [0.2, 0.25) is 0 Å². The molecule has 1 heterocycles. The largest absolute Gasteiger partial charge is 0.495 e. The number of allylic oxidation sites excluding steroid dienone is 1. The van der Waals surface area contributed by atoms with Crippen molar-refractivity contribution in [1.29, 1.82) is 0 Å². The lowest BCUT2D eigenvalue weighted by Crippen LogP contribution is -2.33. The summed E-state index contributed by atoms with van der Waals surface area (Å²) in [5.41, 5.74) is 1.05. The fourth-order valence-corrected chi connectivity index (χ4v) is 1.69. The molecule has 0 aromatic heterocycles. The van der Waals surface area contributed by atoms with E-state index in [1.807, 2.05) is 33.9 Å². The van der Waals surface area contributed by atoms with E-state index in [0.717, 1.165) is 18.3 Å². The molecule has 96 valence electrons. The van der Waals surface area contributed by atoms with Gasteiger partial charge in [-0.05, 0) is 46.0 Å². The van der Waals surface area contributed by atoms with Gasteiger partial charge in [0.1, 0.15) is 0 Å². The van der Waals surface area contributed by atoms with Gasteiger partial charge in [0.25, 0.3) is 0 Å². The zero-order chi connectivity index (χ0) is 12.8. The van der Waals surface area contributed by atoms with Crippen LogP contribution in [0.4, 0.5) is 0 Å². The van der Waals surface area contributed by atoms with E-state index in [4.69, 9.17) is 9.31 Å². The predicted octanol–water partition coefficient (Wildman–Crippen LogP) is 3.04. The van der Waals surface area contributed by atoms with Crippen molar-refractivity contribution in [1.82, 2.24) is 0 Å². The zero-order valence-electron chi connectivity index (χ0n) is 11.6. The maximum atomic E-state index is 5.79. The van der Waals surface area contributed by atoms with Crippen LogP contribution in [-0.4, -0.2) is 31.6 Å². The quantitative estimate of drug-likeness (QED) is 0.665. The van der Waals surface area contributed by atoms with Crippen LogP contribution in [0, 0.1) is 0 Å². The van der Waals surface area contributed by atoms with Gasteiger partial charge in [0, 0.05) is 18.4 Å². The summed E-state index contributed by atoms with van der Waals surface area (Å²) in [6.07, 6.45) is 6.47. The van der Waals surface area contributed by atoms with E-state index in [9.17, 15) is 0 Å². The third-order valence-electron chi connectivity index (χ3n) is 2.59. The highest BCUT2D eigenvalue weighted by atomic mass is 16.6. The molecule has 0 N–H and O–H groups in total. The first-order valence-corrected chi connectivity index (χ1v) is 6.57. The van der Waals surface area contributed by atoms with Crippen molar-refractivity contribution in [3.05, 3.63) is 11.5 Å². The van der Waals surface area contributed by atoms with Crippen molar-refractivity contribution in [2.75, 3.05) is 0 Å². The molecule has 0 saturated heterocycles. The molecule has 0 aromatic rings. The fourth-order valence-electron chi connectivity index (χ4n) is 1.69. The summed E-state index contributed by atoms with van der Waals surface area (Å²) in [4.78, 5) is 4.51. The van der Waals surface area contributed by atoms with Crippen LogP contribution in [0.1, 0.15) is 47.5 Å². The van der Waals surface area contributed by atoms with Crippen LogP contribution in [0.3, 0.4) is 0 Å². The lowest BCUT2D eigenvalue weighted by Gasteiger charge is -2.22. The highest BCUT2D eigenvalue weighted by Gasteiger charge is 2.27. The molecule has 3 nitrogen and oxygen atoms in total. The first-order chi connectivity index (χ1) is 8.02. The average molecular weight is 237 g/mol. The summed E-state index contributed by atoms with van der Waals surface area (Å²) in [6, 6.07) is 0.428. The second-order valence-electron chi connectivity index (χ2n) is 4.98. The third-order valence-corrected chi connectivity index (χ3v) is 2.59. The van der Waals surface area contributed by atoms with Crippen molar-refractivity contribution >= 4 is 13.3 Å². The minimum atomic E-state index is -0.281. The molecule has 0 fully saturated rings. The second-order valence-corrected chi connectivity index (χ2v) is 4.98. The summed E-state index contributed by atoms with van der Waals surface area (Å²) in [5.74, 6) is 0. The van der Waals surface area contributed by atoms with E-state index < -0.39 is 0 Å². The van der Waals surface area contributed by atoms with Gasteiger partial charge in [-0.1, -0.05) is 13.0 Å². The standard InChI is InChI=1S/C13H24BNO2/c1-6-13-8-7-12(9-15-13)14(16-10(2)3)17-11(4)5/h7,9-11,13H,6,8H2,1-5H3. The van der Waals surface area contributed by atoms with Crippen molar-refractivity contribution in [3.63, 3.8) is 0 Å². The second kappa shape index (κ2) is 6.97. The molecule has 4 heteroatoms. The SMILES string of the molecule is CCC1CC=C(B(OC(C)C)OC(C)C)C=N1. The maximum Gasteiger partial charge on any atom is 0.495 e. The molecule has 1 aliphatic heterocycles. The normalized spacial score (nSPS) is 19.9. The van der Waals surface area contributed by atoms with Gasteiger partial charge in [-0.25, -0.2) is 0 Å². The molecule has 0 amide bonds. The number of hydrogen-bond donors (Lipinski definition) is 0. The van der Waals surface area contributed by atoms with Gasteiger partial charge in [-0.15, -0.1) is 0 Å².